The van der Waals surface area contributed by atoms with E-state index in [0.717, 1.165) is 54.1 Å². The van der Waals surface area contributed by atoms with Crippen molar-refractivity contribution in [3.8, 4) is 16.9 Å². The summed E-state index contributed by atoms with van der Waals surface area (Å²) in [5, 5.41) is 19.3. The van der Waals surface area contributed by atoms with Crippen LogP contribution < -0.4 is 15.4 Å². The van der Waals surface area contributed by atoms with E-state index in [1.807, 2.05) is 42.0 Å². The number of morpholine rings is 1. The zero-order chi connectivity index (χ0) is 22.2. The first-order valence-electron chi connectivity index (χ1n) is 11.2. The second-order valence-corrected chi connectivity index (χ2v) is 8.68. The van der Waals surface area contributed by atoms with Crippen LogP contribution in [0.15, 0.2) is 55.0 Å². The van der Waals surface area contributed by atoms with Crippen molar-refractivity contribution < 1.29 is 9.47 Å². The van der Waals surface area contributed by atoms with Crippen molar-refractivity contribution in [2.24, 2.45) is 0 Å². The molecule has 6 rings (SSSR count). The molecule has 0 spiro atoms. The minimum absolute atomic E-state index is 0.148. The van der Waals surface area contributed by atoms with E-state index in [2.05, 4.69) is 49.1 Å². The molecule has 2 saturated heterocycles. The number of hydrogen-bond donors (Lipinski definition) is 2. The lowest BCUT2D eigenvalue weighted by molar-refractivity contribution is -0.0122. The highest BCUT2D eigenvalue weighted by atomic mass is 16.5. The Morgan fingerprint density at radius 2 is 2.00 bits per heavy atom. The minimum Gasteiger partial charge on any atom is -0.488 e. The summed E-state index contributed by atoms with van der Waals surface area (Å²) in [5.41, 5.74) is 4.01. The standard InChI is InChI=1S/C24H25N7O2/c1-15-7-21(22(12-25-15)33-20-9-17-13-32-14-18(10-20)27-17)16-4-6-31-19(8-16)11-24(30-31)28-23-3-2-5-26-29-23/h2-8,11-12,17-18,20,27H,9-10,13-14H2,1H3,(H,28,29,30)/t17-,18+,20?. The number of fused-ring (bicyclic) bond motifs is 3. The van der Waals surface area contributed by atoms with Crippen LogP contribution in [0.3, 0.4) is 0 Å². The lowest BCUT2D eigenvalue weighted by atomic mass is 9.94. The van der Waals surface area contributed by atoms with Crippen LogP contribution >= 0.6 is 0 Å². The van der Waals surface area contributed by atoms with Gasteiger partial charge in [0.05, 0.1) is 24.9 Å². The molecule has 4 aromatic rings. The smallest absolute Gasteiger partial charge is 0.154 e. The summed E-state index contributed by atoms with van der Waals surface area (Å²) in [7, 11) is 0. The quantitative estimate of drug-likeness (QED) is 0.485. The molecule has 2 aliphatic rings. The third-order valence-corrected chi connectivity index (χ3v) is 6.10. The third-order valence-electron chi connectivity index (χ3n) is 6.10. The van der Waals surface area contributed by atoms with Crippen molar-refractivity contribution in [2.45, 2.75) is 38.0 Å². The first kappa shape index (κ1) is 20.1. The molecule has 6 heterocycles. The van der Waals surface area contributed by atoms with Crippen molar-refractivity contribution in [1.29, 1.82) is 0 Å². The van der Waals surface area contributed by atoms with Gasteiger partial charge in [-0.1, -0.05) is 0 Å². The zero-order valence-electron chi connectivity index (χ0n) is 18.3. The lowest BCUT2D eigenvalue weighted by Crippen LogP contribution is -2.56. The highest BCUT2D eigenvalue weighted by molar-refractivity contribution is 5.75. The SMILES string of the molecule is Cc1cc(-c2ccn3nc(Nc4cccnn4)cc3c2)c(OC2C[C@H]3COC[C@@H](C2)N3)cn1. The van der Waals surface area contributed by atoms with Crippen LogP contribution in [0.2, 0.25) is 0 Å². The van der Waals surface area contributed by atoms with Crippen LogP contribution in [0, 0.1) is 6.92 Å². The van der Waals surface area contributed by atoms with Gasteiger partial charge in [0.25, 0.3) is 0 Å². The van der Waals surface area contributed by atoms with Gasteiger partial charge in [-0.15, -0.1) is 5.10 Å². The van der Waals surface area contributed by atoms with Crippen molar-refractivity contribution in [3.05, 3.63) is 60.7 Å². The van der Waals surface area contributed by atoms with E-state index in [9.17, 15) is 0 Å². The first-order chi connectivity index (χ1) is 16.2. The van der Waals surface area contributed by atoms with E-state index in [-0.39, 0.29) is 6.10 Å². The lowest BCUT2D eigenvalue weighted by Gasteiger charge is -2.40. The van der Waals surface area contributed by atoms with Gasteiger partial charge in [-0.3, -0.25) is 4.98 Å². The molecule has 9 nitrogen and oxygen atoms in total. The average Bonchev–Trinajstić information content (AvgIpc) is 3.22. The van der Waals surface area contributed by atoms with Gasteiger partial charge >= 0.3 is 0 Å². The van der Waals surface area contributed by atoms with E-state index >= 15 is 0 Å². The monoisotopic (exact) mass is 443 g/mol. The molecule has 2 aliphatic heterocycles. The topological polar surface area (TPSA) is 98.5 Å². The number of aromatic nitrogens is 5. The fourth-order valence-electron chi connectivity index (χ4n) is 4.65. The Labute approximate surface area is 191 Å². The molecule has 4 aromatic heterocycles. The van der Waals surface area contributed by atoms with Crippen molar-refractivity contribution >= 4 is 17.2 Å². The number of nitrogens with one attached hydrogen (secondary N) is 2. The zero-order valence-corrected chi connectivity index (χ0v) is 18.3. The number of rotatable bonds is 5. The van der Waals surface area contributed by atoms with Crippen LogP contribution in [-0.2, 0) is 4.74 Å². The normalized spacial score (nSPS) is 22.3. The summed E-state index contributed by atoms with van der Waals surface area (Å²) in [6.07, 6.45) is 7.46. The third kappa shape index (κ3) is 4.24. The Hall–Kier alpha value is -3.56. The van der Waals surface area contributed by atoms with E-state index in [4.69, 9.17) is 9.47 Å². The molecule has 0 amide bonds. The summed E-state index contributed by atoms with van der Waals surface area (Å²) in [6, 6.07) is 12.6. The Morgan fingerprint density at radius 1 is 1.12 bits per heavy atom. The summed E-state index contributed by atoms with van der Waals surface area (Å²) >= 11 is 0. The molecule has 0 aromatic carbocycles. The second kappa shape index (κ2) is 8.42. The largest absolute Gasteiger partial charge is 0.488 e. The number of ether oxygens (including phenoxy) is 2. The number of anilines is 2. The van der Waals surface area contributed by atoms with Gasteiger partial charge in [-0.2, -0.15) is 10.2 Å². The molecule has 168 valence electrons. The molecular weight excluding hydrogens is 418 g/mol. The van der Waals surface area contributed by atoms with Gasteiger partial charge in [0, 0.05) is 54.6 Å². The molecule has 0 aliphatic carbocycles. The molecule has 0 radical (unpaired) electrons. The summed E-state index contributed by atoms with van der Waals surface area (Å²) in [5.74, 6) is 2.17. The van der Waals surface area contributed by atoms with Crippen molar-refractivity contribution in [1.82, 2.24) is 30.1 Å². The Morgan fingerprint density at radius 3 is 2.82 bits per heavy atom. The van der Waals surface area contributed by atoms with E-state index in [1.165, 1.54) is 0 Å². The molecule has 2 N–H and O–H groups in total. The maximum atomic E-state index is 6.52. The Kier molecular flexibility index (Phi) is 5.12. The van der Waals surface area contributed by atoms with Crippen LogP contribution in [0.25, 0.3) is 16.6 Å². The van der Waals surface area contributed by atoms with Crippen LogP contribution in [0.1, 0.15) is 18.5 Å². The van der Waals surface area contributed by atoms with Gasteiger partial charge in [0.1, 0.15) is 11.9 Å². The molecule has 9 heteroatoms. The molecule has 3 atom stereocenters. The Bertz CT molecular complexity index is 1260. The maximum absolute atomic E-state index is 6.52. The van der Waals surface area contributed by atoms with Gasteiger partial charge in [0.15, 0.2) is 11.6 Å². The molecule has 2 fully saturated rings. The summed E-state index contributed by atoms with van der Waals surface area (Å²) < 4.78 is 14.0. The summed E-state index contributed by atoms with van der Waals surface area (Å²) in [4.78, 5) is 4.51. The van der Waals surface area contributed by atoms with Gasteiger partial charge in [-0.05, 0) is 42.8 Å². The van der Waals surface area contributed by atoms with Crippen molar-refractivity contribution in [3.63, 3.8) is 0 Å². The fourth-order valence-corrected chi connectivity index (χ4v) is 4.65. The average molecular weight is 444 g/mol. The number of piperidine rings is 1. The highest BCUT2D eigenvalue weighted by Gasteiger charge is 2.33. The predicted octanol–water partition coefficient (Wildman–Crippen LogP) is 3.14. The Balaban J connectivity index is 1.29. The molecule has 0 saturated carbocycles. The van der Waals surface area contributed by atoms with Crippen LogP contribution in [0.5, 0.6) is 5.75 Å². The van der Waals surface area contributed by atoms with E-state index < -0.39 is 0 Å². The summed E-state index contributed by atoms with van der Waals surface area (Å²) in [6.45, 7) is 3.50. The molecular formula is C24H25N7O2. The second-order valence-electron chi connectivity index (χ2n) is 8.68. The molecule has 1 unspecified atom stereocenters. The number of aryl methyl sites for hydroxylation is 1. The number of pyridine rings is 2. The fraction of sp³-hybridized carbons (Fsp3) is 0.333. The van der Waals surface area contributed by atoms with E-state index in [0.29, 0.717) is 23.7 Å². The predicted molar refractivity (Wildman–Crippen MR) is 124 cm³/mol. The van der Waals surface area contributed by atoms with E-state index in [1.54, 1.807) is 6.20 Å². The van der Waals surface area contributed by atoms with Crippen LogP contribution in [-0.4, -0.2) is 56.2 Å². The minimum atomic E-state index is 0.148. The molecule has 2 bridgehead atoms. The first-order valence-corrected chi connectivity index (χ1v) is 11.2. The van der Waals surface area contributed by atoms with Gasteiger partial charge < -0.3 is 20.1 Å². The molecule has 33 heavy (non-hydrogen) atoms. The van der Waals surface area contributed by atoms with Crippen LogP contribution in [0.4, 0.5) is 11.6 Å². The van der Waals surface area contributed by atoms with Gasteiger partial charge in [0.2, 0.25) is 0 Å². The highest BCUT2D eigenvalue weighted by Crippen LogP contribution is 2.34. The maximum Gasteiger partial charge on any atom is 0.154 e. The van der Waals surface area contributed by atoms with Gasteiger partial charge in [-0.25, -0.2) is 4.52 Å². The number of hydrogen-bond acceptors (Lipinski definition) is 8. The number of nitrogens with zero attached hydrogens (tertiary/aromatic N) is 5. The van der Waals surface area contributed by atoms with Crippen molar-refractivity contribution in [2.75, 3.05) is 18.5 Å².